The van der Waals surface area contributed by atoms with Gasteiger partial charge in [0, 0.05) is 30.6 Å². The maximum absolute atomic E-state index is 11.4. The number of rotatable bonds is 9. The standard InChI is InChI=1S/C20H30N6O/c1-4-5-10-20(3,12-22-13(2)27)26-18-16-9-8-15(23-14-6-7-14)11-17(16)24-19(21)25-18/h8-9,11,14,23H,4-7,10,12H2,1-3H3,(H,22,27)(H3,21,24,25,26)/t20-/m1/s1. The molecule has 5 N–H and O–H groups in total. The minimum absolute atomic E-state index is 0.0395. The first kappa shape index (κ1) is 19.2. The number of amides is 1. The predicted molar refractivity (Wildman–Crippen MR) is 111 cm³/mol. The van der Waals surface area contributed by atoms with Crippen LogP contribution in [0.2, 0.25) is 0 Å². The van der Waals surface area contributed by atoms with Gasteiger partial charge >= 0.3 is 0 Å². The number of fused-ring (bicyclic) bond motifs is 1. The second kappa shape index (κ2) is 7.98. The summed E-state index contributed by atoms with van der Waals surface area (Å²) in [4.78, 5) is 20.3. The molecule has 0 unspecified atom stereocenters. The van der Waals surface area contributed by atoms with Crippen molar-refractivity contribution in [3.8, 4) is 0 Å². The zero-order valence-corrected chi connectivity index (χ0v) is 16.4. The Bertz CT molecular complexity index is 819. The highest BCUT2D eigenvalue weighted by molar-refractivity contribution is 5.92. The summed E-state index contributed by atoms with van der Waals surface area (Å²) < 4.78 is 0. The third-order valence-corrected chi connectivity index (χ3v) is 4.89. The van der Waals surface area contributed by atoms with Gasteiger partial charge in [0.25, 0.3) is 0 Å². The number of nitrogens with two attached hydrogens (primary N) is 1. The smallest absolute Gasteiger partial charge is 0.222 e. The van der Waals surface area contributed by atoms with E-state index in [0.717, 1.165) is 35.9 Å². The molecule has 0 aliphatic heterocycles. The zero-order chi connectivity index (χ0) is 19.4. The van der Waals surface area contributed by atoms with E-state index in [1.54, 1.807) is 0 Å². The number of nitrogens with zero attached hydrogens (tertiary/aromatic N) is 2. The Balaban J connectivity index is 1.89. The molecule has 27 heavy (non-hydrogen) atoms. The Morgan fingerprint density at radius 3 is 2.78 bits per heavy atom. The number of anilines is 3. The first-order valence-electron chi connectivity index (χ1n) is 9.75. The lowest BCUT2D eigenvalue weighted by Gasteiger charge is -2.32. The molecule has 1 fully saturated rings. The first-order chi connectivity index (χ1) is 12.9. The highest BCUT2D eigenvalue weighted by Crippen LogP contribution is 2.30. The molecular weight excluding hydrogens is 340 g/mol. The summed E-state index contributed by atoms with van der Waals surface area (Å²) in [6.45, 7) is 6.32. The highest BCUT2D eigenvalue weighted by atomic mass is 16.1. The Labute approximate surface area is 160 Å². The average molecular weight is 371 g/mol. The van der Waals surface area contributed by atoms with Crippen LogP contribution < -0.4 is 21.7 Å². The normalized spacial score (nSPS) is 16.0. The number of hydrogen-bond acceptors (Lipinski definition) is 6. The maximum atomic E-state index is 11.4. The number of benzene rings is 1. The summed E-state index contributed by atoms with van der Waals surface area (Å²) in [6, 6.07) is 6.69. The lowest BCUT2D eigenvalue weighted by Crippen LogP contribution is -2.46. The van der Waals surface area contributed by atoms with Crippen LogP contribution in [0.5, 0.6) is 0 Å². The van der Waals surface area contributed by atoms with E-state index in [2.05, 4.69) is 45.8 Å². The molecule has 1 aromatic heterocycles. The van der Waals surface area contributed by atoms with Gasteiger partial charge in [0.2, 0.25) is 11.9 Å². The van der Waals surface area contributed by atoms with E-state index >= 15 is 0 Å². The van der Waals surface area contributed by atoms with Crippen LogP contribution in [-0.4, -0.2) is 34.0 Å². The van der Waals surface area contributed by atoms with E-state index < -0.39 is 0 Å². The molecule has 1 amide bonds. The van der Waals surface area contributed by atoms with Gasteiger partial charge in [-0.15, -0.1) is 0 Å². The van der Waals surface area contributed by atoms with Gasteiger partial charge in [-0.1, -0.05) is 19.8 Å². The fourth-order valence-corrected chi connectivity index (χ4v) is 3.16. The summed E-state index contributed by atoms with van der Waals surface area (Å²) in [6.07, 6.45) is 5.49. The number of carbonyl (C=O) groups excluding carboxylic acids is 1. The van der Waals surface area contributed by atoms with E-state index in [9.17, 15) is 4.79 Å². The number of nitrogen functional groups attached to an aromatic ring is 1. The third-order valence-electron chi connectivity index (χ3n) is 4.89. The molecule has 1 atom stereocenters. The quantitative estimate of drug-likeness (QED) is 0.540. The lowest BCUT2D eigenvalue weighted by molar-refractivity contribution is -0.119. The van der Waals surface area contributed by atoms with Gasteiger partial charge in [-0.25, -0.2) is 4.98 Å². The van der Waals surface area contributed by atoms with Crippen LogP contribution in [-0.2, 0) is 4.79 Å². The third kappa shape index (κ3) is 5.21. The molecule has 0 saturated heterocycles. The average Bonchev–Trinajstić information content (AvgIpc) is 3.42. The van der Waals surface area contributed by atoms with Crippen molar-refractivity contribution in [3.63, 3.8) is 0 Å². The molecule has 1 aromatic carbocycles. The van der Waals surface area contributed by atoms with E-state index in [-0.39, 0.29) is 17.4 Å². The minimum atomic E-state index is -0.319. The van der Waals surface area contributed by atoms with Crippen molar-refractivity contribution in [1.82, 2.24) is 15.3 Å². The molecule has 7 nitrogen and oxygen atoms in total. The van der Waals surface area contributed by atoms with Crippen LogP contribution in [0, 0.1) is 0 Å². The van der Waals surface area contributed by atoms with Crippen LogP contribution in [0.3, 0.4) is 0 Å². The van der Waals surface area contributed by atoms with Gasteiger partial charge < -0.3 is 21.7 Å². The van der Waals surface area contributed by atoms with Crippen LogP contribution in [0.1, 0.15) is 52.9 Å². The van der Waals surface area contributed by atoms with E-state index in [4.69, 9.17) is 5.73 Å². The molecule has 1 aliphatic rings. The van der Waals surface area contributed by atoms with E-state index in [1.165, 1.54) is 19.8 Å². The molecule has 146 valence electrons. The molecule has 1 heterocycles. The van der Waals surface area contributed by atoms with Crippen molar-refractivity contribution >= 4 is 34.3 Å². The Hall–Kier alpha value is -2.57. The SMILES string of the molecule is CCCC[C@](C)(CNC(C)=O)Nc1nc(N)nc2cc(NC3CC3)ccc12. The summed E-state index contributed by atoms with van der Waals surface area (Å²) in [5.41, 5.74) is 7.53. The van der Waals surface area contributed by atoms with Crippen molar-refractivity contribution in [2.24, 2.45) is 0 Å². The topological polar surface area (TPSA) is 105 Å². The number of hydrogen-bond donors (Lipinski definition) is 4. The Kier molecular flexibility index (Phi) is 5.68. The monoisotopic (exact) mass is 370 g/mol. The van der Waals surface area contributed by atoms with Gasteiger partial charge in [-0.3, -0.25) is 4.79 Å². The minimum Gasteiger partial charge on any atom is -0.382 e. The molecule has 0 bridgehead atoms. The maximum Gasteiger partial charge on any atom is 0.222 e. The molecular formula is C20H30N6O. The fourth-order valence-electron chi connectivity index (χ4n) is 3.16. The largest absolute Gasteiger partial charge is 0.382 e. The van der Waals surface area contributed by atoms with Crippen molar-refractivity contribution in [2.45, 2.75) is 64.5 Å². The fraction of sp³-hybridized carbons (Fsp3) is 0.550. The molecule has 3 rings (SSSR count). The highest BCUT2D eigenvalue weighted by Gasteiger charge is 2.26. The molecule has 1 saturated carbocycles. The van der Waals surface area contributed by atoms with Crippen molar-refractivity contribution in [1.29, 1.82) is 0 Å². The van der Waals surface area contributed by atoms with Gasteiger partial charge in [-0.05, 0) is 44.4 Å². The van der Waals surface area contributed by atoms with E-state index in [1.807, 2.05) is 12.1 Å². The lowest BCUT2D eigenvalue weighted by atomic mass is 9.94. The number of unbranched alkanes of at least 4 members (excludes halogenated alkanes) is 1. The van der Waals surface area contributed by atoms with Crippen LogP contribution in [0.4, 0.5) is 17.5 Å². The molecule has 1 aliphatic carbocycles. The molecule has 0 radical (unpaired) electrons. The molecule has 7 heteroatoms. The van der Waals surface area contributed by atoms with Crippen molar-refractivity contribution < 1.29 is 4.79 Å². The Morgan fingerprint density at radius 1 is 1.33 bits per heavy atom. The van der Waals surface area contributed by atoms with Gasteiger partial charge in [0.05, 0.1) is 11.1 Å². The number of aromatic nitrogens is 2. The van der Waals surface area contributed by atoms with Gasteiger partial charge in [0.1, 0.15) is 5.82 Å². The summed E-state index contributed by atoms with van der Waals surface area (Å²) in [5, 5.41) is 10.9. The zero-order valence-electron chi connectivity index (χ0n) is 16.4. The molecule has 0 spiro atoms. The van der Waals surface area contributed by atoms with Crippen molar-refractivity contribution in [3.05, 3.63) is 18.2 Å². The van der Waals surface area contributed by atoms with E-state index in [0.29, 0.717) is 18.4 Å². The van der Waals surface area contributed by atoms with Crippen LogP contribution >= 0.6 is 0 Å². The second-order valence-corrected chi connectivity index (χ2v) is 7.78. The van der Waals surface area contributed by atoms with Crippen LogP contribution in [0.15, 0.2) is 18.2 Å². The number of nitrogens with one attached hydrogen (secondary N) is 3. The van der Waals surface area contributed by atoms with Gasteiger partial charge in [-0.2, -0.15) is 4.98 Å². The van der Waals surface area contributed by atoms with Crippen molar-refractivity contribution in [2.75, 3.05) is 22.9 Å². The Morgan fingerprint density at radius 2 is 2.11 bits per heavy atom. The molecule has 2 aromatic rings. The predicted octanol–water partition coefficient (Wildman–Crippen LogP) is 3.28. The second-order valence-electron chi connectivity index (χ2n) is 7.78. The first-order valence-corrected chi connectivity index (χ1v) is 9.75. The van der Waals surface area contributed by atoms with Crippen LogP contribution in [0.25, 0.3) is 10.9 Å². The summed E-state index contributed by atoms with van der Waals surface area (Å²) in [5.74, 6) is 0.910. The van der Waals surface area contributed by atoms with Gasteiger partial charge in [0.15, 0.2) is 0 Å². The number of carbonyl (C=O) groups is 1. The summed E-state index contributed by atoms with van der Waals surface area (Å²) in [7, 11) is 0. The summed E-state index contributed by atoms with van der Waals surface area (Å²) >= 11 is 0.